The number of rotatable bonds is 2. The molecule has 0 radical (unpaired) electrons. The predicted molar refractivity (Wildman–Crippen MR) is 58.6 cm³/mol. The lowest BCUT2D eigenvalue weighted by atomic mass is 10.3. The zero-order valence-electron chi connectivity index (χ0n) is 8.57. The van der Waals surface area contributed by atoms with Gasteiger partial charge in [-0.1, -0.05) is 0 Å². The predicted octanol–water partition coefficient (Wildman–Crippen LogP) is 3.09. The van der Waals surface area contributed by atoms with E-state index in [0.717, 1.165) is 27.1 Å². The molecular formula is C11H10N2OS. The second-order valence-corrected chi connectivity index (χ2v) is 4.36. The highest BCUT2D eigenvalue weighted by Crippen LogP contribution is 2.29. The largest absolute Gasteiger partial charge is 0.459 e. The second-order valence-electron chi connectivity index (χ2n) is 3.27. The maximum Gasteiger partial charge on any atom is 0.162 e. The minimum atomic E-state index is 0.420. The van der Waals surface area contributed by atoms with Gasteiger partial charge in [0.1, 0.15) is 5.76 Å². The van der Waals surface area contributed by atoms with Crippen molar-refractivity contribution in [1.82, 2.24) is 4.98 Å². The van der Waals surface area contributed by atoms with E-state index in [1.165, 1.54) is 11.3 Å². The molecule has 0 N–H and O–H groups in total. The quantitative estimate of drug-likeness (QED) is 0.778. The van der Waals surface area contributed by atoms with Crippen molar-refractivity contribution in [2.45, 2.75) is 20.3 Å². The van der Waals surface area contributed by atoms with E-state index >= 15 is 0 Å². The Balaban J connectivity index is 2.38. The van der Waals surface area contributed by atoms with E-state index in [9.17, 15) is 0 Å². The number of nitriles is 1. The van der Waals surface area contributed by atoms with Crippen LogP contribution in [0.3, 0.4) is 0 Å². The molecule has 0 amide bonds. The normalized spacial score (nSPS) is 10.2. The lowest BCUT2D eigenvalue weighted by Crippen LogP contribution is -1.79. The molecule has 2 aromatic heterocycles. The summed E-state index contributed by atoms with van der Waals surface area (Å²) >= 11 is 1.52. The van der Waals surface area contributed by atoms with Crippen LogP contribution in [-0.2, 0) is 6.42 Å². The SMILES string of the molecule is Cc1ccc(-c2nc(C)c(CC#N)s2)o1. The molecule has 0 aromatic carbocycles. The molecule has 2 heterocycles. The highest BCUT2D eigenvalue weighted by atomic mass is 32.1. The molecule has 0 aliphatic heterocycles. The first-order valence-corrected chi connectivity index (χ1v) is 5.42. The van der Waals surface area contributed by atoms with Crippen molar-refractivity contribution in [1.29, 1.82) is 5.26 Å². The van der Waals surface area contributed by atoms with Gasteiger partial charge in [0.15, 0.2) is 10.8 Å². The summed E-state index contributed by atoms with van der Waals surface area (Å²) in [7, 11) is 0. The van der Waals surface area contributed by atoms with Crippen LogP contribution < -0.4 is 0 Å². The van der Waals surface area contributed by atoms with Gasteiger partial charge < -0.3 is 4.42 Å². The number of nitrogens with zero attached hydrogens (tertiary/aromatic N) is 2. The van der Waals surface area contributed by atoms with Crippen molar-refractivity contribution >= 4 is 11.3 Å². The van der Waals surface area contributed by atoms with Gasteiger partial charge in [-0.25, -0.2) is 4.98 Å². The van der Waals surface area contributed by atoms with Gasteiger partial charge in [0.2, 0.25) is 0 Å². The summed E-state index contributed by atoms with van der Waals surface area (Å²) in [4.78, 5) is 5.40. The first-order chi connectivity index (χ1) is 7.20. The molecule has 2 aromatic rings. The van der Waals surface area contributed by atoms with E-state index in [1.807, 2.05) is 26.0 Å². The standard InChI is InChI=1S/C11H10N2OS/c1-7-3-4-9(14-7)11-13-8(2)10(15-11)5-6-12/h3-4H,5H2,1-2H3. The van der Waals surface area contributed by atoms with Gasteiger partial charge in [0, 0.05) is 4.88 Å². The molecule has 2 rings (SSSR count). The summed E-state index contributed by atoms with van der Waals surface area (Å²) in [6, 6.07) is 5.95. The van der Waals surface area contributed by atoms with Crippen molar-refractivity contribution in [3.8, 4) is 16.8 Å². The lowest BCUT2D eigenvalue weighted by Gasteiger charge is -1.86. The monoisotopic (exact) mass is 218 g/mol. The molecule has 0 saturated carbocycles. The molecule has 0 aliphatic rings. The molecule has 0 bridgehead atoms. The highest BCUT2D eigenvalue weighted by Gasteiger charge is 2.11. The van der Waals surface area contributed by atoms with Crippen molar-refractivity contribution < 1.29 is 4.42 Å². The number of hydrogen-bond acceptors (Lipinski definition) is 4. The molecule has 76 valence electrons. The fraction of sp³-hybridized carbons (Fsp3) is 0.273. The number of thiazole rings is 1. The van der Waals surface area contributed by atoms with Crippen molar-refractivity contribution in [2.75, 3.05) is 0 Å². The number of furan rings is 1. The van der Waals surface area contributed by atoms with Gasteiger partial charge in [0.25, 0.3) is 0 Å². The van der Waals surface area contributed by atoms with Crippen LogP contribution in [0.4, 0.5) is 0 Å². The molecule has 0 saturated heterocycles. The van der Waals surface area contributed by atoms with Crippen LogP contribution in [0.5, 0.6) is 0 Å². The average Bonchev–Trinajstić information content (AvgIpc) is 2.75. The van der Waals surface area contributed by atoms with Gasteiger partial charge in [-0.2, -0.15) is 5.26 Å². The summed E-state index contributed by atoms with van der Waals surface area (Å²) in [5.41, 5.74) is 0.922. The van der Waals surface area contributed by atoms with Crippen LogP contribution >= 0.6 is 11.3 Å². The van der Waals surface area contributed by atoms with Crippen LogP contribution in [0, 0.1) is 25.2 Å². The van der Waals surface area contributed by atoms with Crippen LogP contribution in [0.2, 0.25) is 0 Å². The molecule has 0 spiro atoms. The third kappa shape index (κ3) is 1.92. The lowest BCUT2D eigenvalue weighted by molar-refractivity contribution is 0.548. The van der Waals surface area contributed by atoms with Gasteiger partial charge in [0.05, 0.1) is 18.2 Å². The first kappa shape index (κ1) is 9.94. The molecule has 4 heteroatoms. The van der Waals surface area contributed by atoms with E-state index in [0.29, 0.717) is 6.42 Å². The van der Waals surface area contributed by atoms with E-state index in [4.69, 9.17) is 9.68 Å². The molecule has 3 nitrogen and oxygen atoms in total. The number of hydrogen-bond donors (Lipinski definition) is 0. The fourth-order valence-corrected chi connectivity index (χ4v) is 2.28. The molecule has 0 unspecified atom stereocenters. The molecular weight excluding hydrogens is 208 g/mol. The van der Waals surface area contributed by atoms with Crippen molar-refractivity contribution in [3.63, 3.8) is 0 Å². The van der Waals surface area contributed by atoms with Crippen LogP contribution in [0.25, 0.3) is 10.8 Å². The van der Waals surface area contributed by atoms with E-state index in [2.05, 4.69) is 11.1 Å². The smallest absolute Gasteiger partial charge is 0.162 e. The first-order valence-electron chi connectivity index (χ1n) is 4.61. The van der Waals surface area contributed by atoms with Gasteiger partial charge in [-0.3, -0.25) is 0 Å². The second kappa shape index (κ2) is 3.87. The summed E-state index contributed by atoms with van der Waals surface area (Å²) in [5.74, 6) is 1.66. The Bertz CT molecular complexity index is 519. The molecule has 15 heavy (non-hydrogen) atoms. The zero-order valence-corrected chi connectivity index (χ0v) is 9.39. The average molecular weight is 218 g/mol. The zero-order chi connectivity index (χ0) is 10.8. The van der Waals surface area contributed by atoms with Crippen molar-refractivity contribution in [3.05, 3.63) is 28.5 Å². The number of aromatic nitrogens is 1. The Morgan fingerprint density at radius 2 is 2.27 bits per heavy atom. The molecule has 0 fully saturated rings. The van der Waals surface area contributed by atoms with E-state index < -0.39 is 0 Å². The minimum absolute atomic E-state index is 0.420. The fourth-order valence-electron chi connectivity index (χ4n) is 1.32. The summed E-state index contributed by atoms with van der Waals surface area (Å²) in [5, 5.41) is 9.49. The maximum atomic E-state index is 8.63. The van der Waals surface area contributed by atoms with Gasteiger partial charge >= 0.3 is 0 Å². The van der Waals surface area contributed by atoms with Crippen LogP contribution in [0.1, 0.15) is 16.3 Å². The highest BCUT2D eigenvalue weighted by molar-refractivity contribution is 7.15. The van der Waals surface area contributed by atoms with Crippen LogP contribution in [0.15, 0.2) is 16.5 Å². The Kier molecular flexibility index (Phi) is 2.57. The Morgan fingerprint density at radius 1 is 1.47 bits per heavy atom. The number of aryl methyl sites for hydroxylation is 2. The molecule has 0 aliphatic carbocycles. The van der Waals surface area contributed by atoms with E-state index in [1.54, 1.807) is 0 Å². The Morgan fingerprint density at radius 3 is 2.87 bits per heavy atom. The maximum absolute atomic E-state index is 8.63. The third-order valence-electron chi connectivity index (χ3n) is 2.08. The Hall–Kier alpha value is -1.60. The Labute approximate surface area is 92.0 Å². The van der Waals surface area contributed by atoms with Crippen LogP contribution in [-0.4, -0.2) is 4.98 Å². The summed E-state index contributed by atoms with van der Waals surface area (Å²) in [6.07, 6.45) is 0.420. The third-order valence-corrected chi connectivity index (χ3v) is 3.26. The summed E-state index contributed by atoms with van der Waals surface area (Å²) < 4.78 is 5.48. The summed E-state index contributed by atoms with van der Waals surface area (Å²) in [6.45, 7) is 3.82. The minimum Gasteiger partial charge on any atom is -0.459 e. The molecule has 0 atom stereocenters. The van der Waals surface area contributed by atoms with Gasteiger partial charge in [-0.05, 0) is 26.0 Å². The van der Waals surface area contributed by atoms with E-state index in [-0.39, 0.29) is 0 Å². The van der Waals surface area contributed by atoms with Gasteiger partial charge in [-0.15, -0.1) is 11.3 Å². The topological polar surface area (TPSA) is 49.8 Å². The van der Waals surface area contributed by atoms with Crippen molar-refractivity contribution in [2.24, 2.45) is 0 Å².